The second-order valence-corrected chi connectivity index (χ2v) is 9.38. The number of hydrogen-bond acceptors (Lipinski definition) is 3. The van der Waals surface area contributed by atoms with Crippen molar-refractivity contribution >= 4 is 11.5 Å². The molecule has 2 heterocycles. The van der Waals surface area contributed by atoms with Crippen molar-refractivity contribution < 1.29 is 9.53 Å². The van der Waals surface area contributed by atoms with E-state index in [1.807, 2.05) is 48.5 Å². The van der Waals surface area contributed by atoms with Crippen LogP contribution >= 0.6 is 0 Å². The van der Waals surface area contributed by atoms with Gasteiger partial charge < -0.3 is 10.1 Å². The number of fused-ring (bicyclic) bond motifs is 2. The number of nitrogens with one attached hydrogen (secondary N) is 1. The maximum atomic E-state index is 12.8. The highest BCUT2D eigenvalue weighted by Gasteiger charge is 2.22. The Morgan fingerprint density at radius 3 is 2.24 bits per heavy atom. The Kier molecular flexibility index (Phi) is 6.77. The van der Waals surface area contributed by atoms with Gasteiger partial charge in [0.15, 0.2) is 0 Å². The highest BCUT2D eigenvalue weighted by molar-refractivity contribution is 6.01. The molecule has 1 amide bonds. The fourth-order valence-electron chi connectivity index (χ4n) is 5.02. The minimum absolute atomic E-state index is 0.0431. The Balaban J connectivity index is 1.14. The predicted octanol–water partition coefficient (Wildman–Crippen LogP) is 5.95. The number of piperidine rings is 1. The van der Waals surface area contributed by atoms with Gasteiger partial charge in [0.25, 0.3) is 0 Å². The molecule has 174 valence electrons. The largest absolute Gasteiger partial charge is 0.456 e. The number of carbonyl (C=O) groups is 1. The first-order chi connectivity index (χ1) is 16.7. The van der Waals surface area contributed by atoms with Crippen LogP contribution < -0.4 is 10.1 Å². The van der Waals surface area contributed by atoms with E-state index in [0.717, 1.165) is 54.3 Å². The van der Waals surface area contributed by atoms with E-state index in [9.17, 15) is 4.79 Å². The number of rotatable bonds is 6. The number of para-hydroxylation sites is 2. The van der Waals surface area contributed by atoms with Crippen molar-refractivity contribution in [2.75, 3.05) is 19.6 Å². The Bertz CT molecular complexity index is 1140. The monoisotopic (exact) mass is 452 g/mol. The summed E-state index contributed by atoms with van der Waals surface area (Å²) in [4.78, 5) is 15.4. The zero-order valence-electron chi connectivity index (χ0n) is 19.8. The van der Waals surface area contributed by atoms with E-state index < -0.39 is 0 Å². The third-order valence-corrected chi connectivity index (χ3v) is 7.06. The topological polar surface area (TPSA) is 41.6 Å². The average molecular weight is 453 g/mol. The molecule has 1 fully saturated rings. The molecule has 2 aliphatic heterocycles. The molecule has 4 nitrogen and oxygen atoms in total. The van der Waals surface area contributed by atoms with Crippen LogP contribution in [-0.2, 0) is 11.3 Å². The minimum atomic E-state index is -0.0431. The van der Waals surface area contributed by atoms with E-state index >= 15 is 0 Å². The molecule has 0 aliphatic carbocycles. The summed E-state index contributed by atoms with van der Waals surface area (Å²) in [6.45, 7) is 6.20. The van der Waals surface area contributed by atoms with Crippen molar-refractivity contribution in [3.63, 3.8) is 0 Å². The van der Waals surface area contributed by atoms with Gasteiger partial charge in [-0.1, -0.05) is 60.7 Å². The van der Waals surface area contributed by atoms with Crippen molar-refractivity contribution in [3.8, 4) is 11.5 Å². The summed E-state index contributed by atoms with van der Waals surface area (Å²) in [6.07, 6.45) is 5.15. The van der Waals surface area contributed by atoms with Gasteiger partial charge in [-0.25, -0.2) is 0 Å². The van der Waals surface area contributed by atoms with Crippen LogP contribution in [0.3, 0.4) is 0 Å². The molecule has 0 saturated carbocycles. The molecule has 34 heavy (non-hydrogen) atoms. The minimum Gasteiger partial charge on any atom is -0.456 e. The summed E-state index contributed by atoms with van der Waals surface area (Å²) in [5.74, 6) is 2.21. The van der Waals surface area contributed by atoms with Crippen LogP contribution in [0.1, 0.15) is 41.5 Å². The van der Waals surface area contributed by atoms with Gasteiger partial charge in [-0.15, -0.1) is 0 Å². The standard InChI is InChI=1S/C30H32N2O2/c1-22-8-2-3-9-24(22)21-32-18-15-23(16-19-32)14-17-31-30(33)20-27-25-10-4-6-12-28(25)34-29-13-7-5-11-26(27)29/h2-13,20,23H,14-19,21H2,1H3,(H,31,33). The average Bonchev–Trinajstić information content (AvgIpc) is 2.86. The number of carbonyl (C=O) groups excluding carboxylic acids is 1. The molecule has 1 N–H and O–H groups in total. The maximum absolute atomic E-state index is 12.8. The van der Waals surface area contributed by atoms with Gasteiger partial charge >= 0.3 is 0 Å². The molecule has 2 aliphatic rings. The van der Waals surface area contributed by atoms with Crippen molar-refractivity contribution in [2.45, 2.75) is 32.7 Å². The number of ether oxygens (including phenoxy) is 1. The molecule has 0 spiro atoms. The SMILES string of the molecule is Cc1ccccc1CN1CCC(CCNC(=O)C=C2c3ccccc3Oc3ccccc32)CC1. The first-order valence-corrected chi connectivity index (χ1v) is 12.3. The zero-order chi connectivity index (χ0) is 23.3. The number of hydrogen-bond donors (Lipinski definition) is 1. The van der Waals surface area contributed by atoms with Gasteiger partial charge in [0.05, 0.1) is 0 Å². The van der Waals surface area contributed by atoms with Gasteiger partial charge in [0.2, 0.25) is 5.91 Å². The van der Waals surface area contributed by atoms with Gasteiger partial charge in [-0.3, -0.25) is 9.69 Å². The molecule has 0 bridgehead atoms. The summed E-state index contributed by atoms with van der Waals surface area (Å²) in [5, 5.41) is 3.13. The Labute approximate surface area is 202 Å². The predicted molar refractivity (Wildman–Crippen MR) is 137 cm³/mol. The summed E-state index contributed by atoms with van der Waals surface area (Å²) >= 11 is 0. The molecule has 3 aromatic rings. The van der Waals surface area contributed by atoms with Crippen molar-refractivity contribution in [1.82, 2.24) is 10.2 Å². The Morgan fingerprint density at radius 2 is 1.56 bits per heavy atom. The fraction of sp³-hybridized carbons (Fsp3) is 0.300. The van der Waals surface area contributed by atoms with Gasteiger partial charge in [-0.05, 0) is 68.5 Å². The smallest absolute Gasteiger partial charge is 0.244 e. The quantitative estimate of drug-likeness (QED) is 0.368. The molecule has 3 aromatic carbocycles. The molecule has 0 aromatic heterocycles. The van der Waals surface area contributed by atoms with Crippen molar-refractivity contribution in [1.29, 1.82) is 0 Å². The van der Waals surface area contributed by atoms with Gasteiger partial charge in [-0.2, -0.15) is 0 Å². The summed E-state index contributed by atoms with van der Waals surface area (Å²) < 4.78 is 6.03. The normalized spacial score (nSPS) is 15.7. The molecular weight excluding hydrogens is 420 g/mol. The first kappa shape index (κ1) is 22.4. The Hall–Kier alpha value is -3.37. The first-order valence-electron chi connectivity index (χ1n) is 12.3. The van der Waals surface area contributed by atoms with Gasteiger partial charge in [0, 0.05) is 35.9 Å². The summed E-state index contributed by atoms with van der Waals surface area (Å²) in [5.41, 5.74) is 5.63. The molecule has 0 unspecified atom stereocenters. The molecule has 0 atom stereocenters. The van der Waals surface area contributed by atoms with Crippen LogP contribution in [0.4, 0.5) is 0 Å². The Morgan fingerprint density at radius 1 is 0.941 bits per heavy atom. The van der Waals surface area contributed by atoms with Crippen molar-refractivity contribution in [2.24, 2.45) is 5.92 Å². The number of benzene rings is 3. The van der Waals surface area contributed by atoms with E-state index in [1.165, 1.54) is 24.0 Å². The molecule has 1 saturated heterocycles. The van der Waals surface area contributed by atoms with E-state index in [0.29, 0.717) is 12.5 Å². The third kappa shape index (κ3) is 5.07. The van der Waals surface area contributed by atoms with E-state index in [4.69, 9.17) is 4.74 Å². The zero-order valence-corrected chi connectivity index (χ0v) is 19.8. The van der Waals surface area contributed by atoms with E-state index in [1.54, 1.807) is 6.08 Å². The van der Waals surface area contributed by atoms with Crippen LogP contribution in [0.15, 0.2) is 78.9 Å². The lowest BCUT2D eigenvalue weighted by molar-refractivity contribution is -0.116. The van der Waals surface area contributed by atoms with Gasteiger partial charge in [0.1, 0.15) is 11.5 Å². The second kappa shape index (κ2) is 10.3. The summed E-state index contributed by atoms with van der Waals surface area (Å²) in [7, 11) is 0. The van der Waals surface area contributed by atoms with Crippen LogP contribution in [0, 0.1) is 12.8 Å². The second-order valence-electron chi connectivity index (χ2n) is 9.38. The number of nitrogens with zero attached hydrogens (tertiary/aromatic N) is 1. The lowest BCUT2D eigenvalue weighted by atomic mass is 9.92. The third-order valence-electron chi connectivity index (χ3n) is 7.06. The van der Waals surface area contributed by atoms with Crippen LogP contribution in [0.2, 0.25) is 0 Å². The number of aryl methyl sites for hydroxylation is 1. The van der Waals surface area contributed by atoms with Crippen LogP contribution in [0.25, 0.3) is 5.57 Å². The highest BCUT2D eigenvalue weighted by Crippen LogP contribution is 2.43. The van der Waals surface area contributed by atoms with Crippen LogP contribution in [0.5, 0.6) is 11.5 Å². The number of amides is 1. The van der Waals surface area contributed by atoms with Crippen LogP contribution in [-0.4, -0.2) is 30.4 Å². The summed E-state index contributed by atoms with van der Waals surface area (Å²) in [6, 6.07) is 24.4. The number of likely N-dealkylation sites (tertiary alicyclic amines) is 1. The highest BCUT2D eigenvalue weighted by atomic mass is 16.5. The molecule has 4 heteroatoms. The van der Waals surface area contributed by atoms with Crippen molar-refractivity contribution in [3.05, 3.63) is 101 Å². The van der Waals surface area contributed by atoms with E-state index in [2.05, 4.69) is 41.4 Å². The fourth-order valence-corrected chi connectivity index (χ4v) is 5.02. The molecule has 0 radical (unpaired) electrons. The molecule has 5 rings (SSSR count). The lowest BCUT2D eigenvalue weighted by Crippen LogP contribution is -2.34. The molecular formula is C30H32N2O2. The van der Waals surface area contributed by atoms with E-state index in [-0.39, 0.29) is 5.91 Å². The lowest BCUT2D eigenvalue weighted by Gasteiger charge is -2.32. The maximum Gasteiger partial charge on any atom is 0.244 e.